The summed E-state index contributed by atoms with van der Waals surface area (Å²) in [6, 6.07) is 3.18. The Labute approximate surface area is 152 Å². The van der Waals surface area contributed by atoms with Gasteiger partial charge < -0.3 is 15.2 Å². The Morgan fingerprint density at radius 3 is 2.38 bits per heavy atom. The molecule has 0 saturated carbocycles. The summed E-state index contributed by atoms with van der Waals surface area (Å²) in [5.74, 6) is -1.74. The summed E-state index contributed by atoms with van der Waals surface area (Å²) in [6.07, 6.45) is -5.19. The average Bonchev–Trinajstić information content (AvgIpc) is 2.56. The van der Waals surface area contributed by atoms with Gasteiger partial charge in [0.05, 0.1) is 28.8 Å². The van der Waals surface area contributed by atoms with Gasteiger partial charge in [-0.3, -0.25) is 4.79 Å². The van der Waals surface area contributed by atoms with Gasteiger partial charge in [-0.05, 0) is 25.1 Å². The number of carbonyl (C=O) groups is 1. The van der Waals surface area contributed by atoms with Gasteiger partial charge in [0.2, 0.25) is 15.6 Å². The van der Waals surface area contributed by atoms with Gasteiger partial charge in [-0.1, -0.05) is 11.6 Å². The molecule has 1 saturated heterocycles. The van der Waals surface area contributed by atoms with E-state index in [0.29, 0.717) is 6.92 Å². The lowest BCUT2D eigenvalue weighted by molar-refractivity contribution is -0.242. The van der Waals surface area contributed by atoms with Crippen LogP contribution in [0.5, 0.6) is 0 Å². The lowest BCUT2D eigenvalue weighted by Crippen LogP contribution is -2.52. The Bertz CT molecular complexity index is 792. The number of amides is 1. The highest BCUT2D eigenvalue weighted by molar-refractivity contribution is 7.89. The van der Waals surface area contributed by atoms with Crippen molar-refractivity contribution < 1.29 is 36.2 Å². The van der Waals surface area contributed by atoms with Gasteiger partial charge >= 0.3 is 6.18 Å². The number of nitrogens with zero attached hydrogens (tertiary/aromatic N) is 1. The van der Waals surface area contributed by atoms with Gasteiger partial charge in [-0.25, -0.2) is 8.42 Å². The van der Waals surface area contributed by atoms with E-state index in [1.165, 1.54) is 4.31 Å². The van der Waals surface area contributed by atoms with E-state index in [-0.39, 0.29) is 41.9 Å². The molecule has 2 N–H and O–H groups in total. The maximum absolute atomic E-state index is 12.7. The second kappa shape index (κ2) is 7.31. The lowest BCUT2D eigenvalue weighted by Gasteiger charge is -2.26. The van der Waals surface area contributed by atoms with Crippen molar-refractivity contribution in [2.24, 2.45) is 0 Å². The van der Waals surface area contributed by atoms with Crippen molar-refractivity contribution in [1.29, 1.82) is 0 Å². The first-order chi connectivity index (χ1) is 11.9. The summed E-state index contributed by atoms with van der Waals surface area (Å²) in [5.41, 5.74) is -3.89. The maximum Gasteiger partial charge on any atom is 0.426 e. The number of rotatable bonds is 4. The molecule has 1 aromatic carbocycles. The largest absolute Gasteiger partial charge is 0.426 e. The van der Waals surface area contributed by atoms with Crippen LogP contribution in [-0.4, -0.2) is 61.8 Å². The van der Waals surface area contributed by atoms with Gasteiger partial charge in [0, 0.05) is 13.1 Å². The van der Waals surface area contributed by atoms with Crippen LogP contribution in [0, 0.1) is 0 Å². The molecule has 1 heterocycles. The Morgan fingerprint density at radius 2 is 1.88 bits per heavy atom. The van der Waals surface area contributed by atoms with Crippen molar-refractivity contribution in [3.8, 4) is 0 Å². The first kappa shape index (κ1) is 20.9. The Kier molecular flexibility index (Phi) is 5.88. The highest BCUT2D eigenvalue weighted by atomic mass is 35.5. The topological polar surface area (TPSA) is 95.9 Å². The van der Waals surface area contributed by atoms with Gasteiger partial charge in [0.15, 0.2) is 0 Å². The summed E-state index contributed by atoms with van der Waals surface area (Å²) in [5, 5.41) is 10.9. The third-order valence-electron chi connectivity index (χ3n) is 3.79. The summed E-state index contributed by atoms with van der Waals surface area (Å²) in [4.78, 5) is 11.5. The molecule has 0 bridgehead atoms. The summed E-state index contributed by atoms with van der Waals surface area (Å²) < 4.78 is 69.3. The standard InChI is InChI=1S/C14H16ClF3N2O5S/c1-13(22,14(16,17)18)12(21)19-11-3-2-9(8-10(11)15)26(23,24)20-4-6-25-7-5-20/h2-3,8,22H,4-7H2,1H3,(H,19,21)/t13-/m1/s1. The highest BCUT2D eigenvalue weighted by Crippen LogP contribution is 2.33. The van der Waals surface area contributed by atoms with Crippen molar-refractivity contribution in [3.05, 3.63) is 23.2 Å². The fourth-order valence-electron chi connectivity index (χ4n) is 2.07. The zero-order chi connectivity index (χ0) is 19.8. The molecular formula is C14H16ClF3N2O5S. The zero-order valence-corrected chi connectivity index (χ0v) is 15.1. The normalized spacial score (nSPS) is 19.0. The fraction of sp³-hybridized carbons (Fsp3) is 0.500. The van der Waals surface area contributed by atoms with Gasteiger partial charge in [-0.15, -0.1) is 0 Å². The van der Waals surface area contributed by atoms with Crippen LogP contribution < -0.4 is 5.32 Å². The van der Waals surface area contributed by atoms with E-state index in [4.69, 9.17) is 16.3 Å². The van der Waals surface area contributed by atoms with E-state index in [2.05, 4.69) is 0 Å². The van der Waals surface area contributed by atoms with Crippen LogP contribution in [-0.2, 0) is 19.6 Å². The number of anilines is 1. The molecule has 146 valence electrons. The SMILES string of the molecule is C[C@@](O)(C(=O)Nc1ccc(S(=O)(=O)N2CCOCC2)cc1Cl)C(F)(F)F. The molecule has 1 amide bonds. The first-order valence-corrected chi connectivity index (χ1v) is 9.17. The van der Waals surface area contributed by atoms with E-state index in [0.717, 1.165) is 18.2 Å². The Balaban J connectivity index is 2.23. The molecule has 1 atom stereocenters. The van der Waals surface area contributed by atoms with E-state index < -0.39 is 27.7 Å². The number of carbonyl (C=O) groups excluding carboxylic acids is 1. The van der Waals surface area contributed by atoms with E-state index in [9.17, 15) is 31.5 Å². The summed E-state index contributed by atoms with van der Waals surface area (Å²) in [6.45, 7) is 1.11. The van der Waals surface area contributed by atoms with Crippen LogP contribution in [0.3, 0.4) is 0 Å². The molecule has 2 rings (SSSR count). The van der Waals surface area contributed by atoms with Crippen molar-refractivity contribution >= 4 is 33.2 Å². The number of ether oxygens (including phenoxy) is 1. The summed E-state index contributed by atoms with van der Waals surface area (Å²) >= 11 is 5.90. The number of alkyl halides is 3. The number of hydrogen-bond acceptors (Lipinski definition) is 5. The molecule has 1 fully saturated rings. The van der Waals surface area contributed by atoms with E-state index in [1.54, 1.807) is 0 Å². The number of aliphatic hydroxyl groups is 1. The quantitative estimate of drug-likeness (QED) is 0.777. The van der Waals surface area contributed by atoms with Crippen LogP contribution in [0.25, 0.3) is 0 Å². The molecule has 26 heavy (non-hydrogen) atoms. The molecule has 12 heteroatoms. The predicted octanol–water partition coefficient (Wildman–Crippen LogP) is 1.61. The maximum atomic E-state index is 12.7. The molecule has 1 aliphatic heterocycles. The number of halogens is 4. The smallest absolute Gasteiger partial charge is 0.379 e. The molecule has 1 aliphatic rings. The minimum absolute atomic E-state index is 0.160. The van der Waals surface area contributed by atoms with Crippen molar-refractivity contribution in [2.75, 3.05) is 31.6 Å². The molecule has 1 aromatic rings. The lowest BCUT2D eigenvalue weighted by atomic mass is 10.1. The van der Waals surface area contributed by atoms with E-state index >= 15 is 0 Å². The number of hydrogen-bond donors (Lipinski definition) is 2. The molecule has 7 nitrogen and oxygen atoms in total. The molecule has 0 aliphatic carbocycles. The van der Waals surface area contributed by atoms with Crippen LogP contribution >= 0.6 is 11.6 Å². The van der Waals surface area contributed by atoms with Crippen LogP contribution in [0.1, 0.15) is 6.92 Å². The van der Waals surface area contributed by atoms with Crippen molar-refractivity contribution in [2.45, 2.75) is 23.6 Å². The number of sulfonamides is 1. The van der Waals surface area contributed by atoms with E-state index in [1.807, 2.05) is 5.32 Å². The predicted molar refractivity (Wildman–Crippen MR) is 86.3 cm³/mol. The number of nitrogens with one attached hydrogen (secondary N) is 1. The van der Waals surface area contributed by atoms with Gasteiger partial charge in [-0.2, -0.15) is 17.5 Å². The molecular weight excluding hydrogens is 401 g/mol. The molecule has 0 spiro atoms. The minimum atomic E-state index is -5.19. The first-order valence-electron chi connectivity index (χ1n) is 7.35. The van der Waals surface area contributed by atoms with Crippen molar-refractivity contribution in [1.82, 2.24) is 4.31 Å². The van der Waals surface area contributed by atoms with Gasteiger partial charge in [0.25, 0.3) is 5.91 Å². The monoisotopic (exact) mass is 416 g/mol. The zero-order valence-electron chi connectivity index (χ0n) is 13.5. The number of benzene rings is 1. The Hall–Kier alpha value is -1.40. The Morgan fingerprint density at radius 1 is 1.31 bits per heavy atom. The molecule has 0 unspecified atom stereocenters. The third kappa shape index (κ3) is 4.12. The fourth-order valence-corrected chi connectivity index (χ4v) is 3.79. The van der Waals surface area contributed by atoms with Crippen LogP contribution in [0.2, 0.25) is 5.02 Å². The minimum Gasteiger partial charge on any atom is -0.379 e. The molecule has 0 aromatic heterocycles. The highest BCUT2D eigenvalue weighted by Gasteiger charge is 2.55. The third-order valence-corrected chi connectivity index (χ3v) is 6.00. The van der Waals surface area contributed by atoms with Crippen LogP contribution in [0.4, 0.5) is 18.9 Å². The number of morpholine rings is 1. The summed E-state index contributed by atoms with van der Waals surface area (Å²) in [7, 11) is -3.85. The van der Waals surface area contributed by atoms with Crippen molar-refractivity contribution in [3.63, 3.8) is 0 Å². The second-order valence-corrected chi connectivity index (χ2v) is 8.03. The average molecular weight is 417 g/mol. The van der Waals surface area contributed by atoms with Gasteiger partial charge in [0.1, 0.15) is 0 Å². The van der Waals surface area contributed by atoms with Crippen LogP contribution in [0.15, 0.2) is 23.1 Å². The second-order valence-electron chi connectivity index (χ2n) is 5.68. The molecule has 0 radical (unpaired) electrons.